The molecule has 0 aliphatic carbocycles. The average Bonchev–Trinajstić information content (AvgIpc) is 2.44. The summed E-state index contributed by atoms with van der Waals surface area (Å²) in [6.07, 6.45) is 0.906. The van der Waals surface area contributed by atoms with Crippen LogP contribution >= 0.6 is 0 Å². The molecule has 4 heteroatoms. The van der Waals surface area contributed by atoms with Crippen LogP contribution in [0.5, 0.6) is 0 Å². The molecule has 0 fully saturated rings. The van der Waals surface area contributed by atoms with Crippen LogP contribution in [0.2, 0.25) is 0 Å². The van der Waals surface area contributed by atoms with Gasteiger partial charge in [-0.1, -0.05) is 30.9 Å². The first-order valence-electron chi connectivity index (χ1n) is 6.29. The molecule has 2 N–H and O–H groups in total. The van der Waals surface area contributed by atoms with Gasteiger partial charge in [0.15, 0.2) is 0 Å². The van der Waals surface area contributed by atoms with E-state index in [9.17, 15) is 4.79 Å². The smallest absolute Gasteiger partial charge is 0.246 e. The van der Waals surface area contributed by atoms with Gasteiger partial charge in [0.2, 0.25) is 5.91 Å². The third-order valence-electron chi connectivity index (χ3n) is 2.34. The van der Waals surface area contributed by atoms with Crippen LogP contribution in [-0.4, -0.2) is 30.8 Å². The Morgan fingerprint density at radius 3 is 2.74 bits per heavy atom. The lowest BCUT2D eigenvalue weighted by Gasteiger charge is -2.06. The zero-order valence-electron chi connectivity index (χ0n) is 11.1. The van der Waals surface area contributed by atoms with Gasteiger partial charge in [0.25, 0.3) is 0 Å². The topological polar surface area (TPSA) is 58.6 Å². The Morgan fingerprint density at radius 2 is 2.11 bits per heavy atom. The van der Waals surface area contributed by atoms with Crippen LogP contribution in [0.15, 0.2) is 24.3 Å². The predicted octanol–water partition coefficient (Wildman–Crippen LogP) is 1.07. The lowest BCUT2D eigenvalue weighted by atomic mass is 10.1. The fraction of sp³-hybridized carbons (Fsp3) is 0.400. The molecule has 1 amide bonds. The molecule has 19 heavy (non-hydrogen) atoms. The van der Waals surface area contributed by atoms with Crippen LogP contribution in [0.25, 0.3) is 0 Å². The Bertz CT molecular complexity index is 443. The van der Waals surface area contributed by atoms with Crippen LogP contribution in [0.3, 0.4) is 0 Å². The zero-order chi connectivity index (χ0) is 13.9. The molecule has 1 rings (SSSR count). The minimum absolute atomic E-state index is 0.105. The molecule has 0 aromatic heterocycles. The standard InChI is InChI=1S/C15H19NO3/c1-2-10-19-12-15(18)16-11-14-7-5-13(6-8-14)4-3-9-17/h5-8,17H,2,9-12H2,1H3,(H,16,18). The average molecular weight is 261 g/mol. The highest BCUT2D eigenvalue weighted by Crippen LogP contribution is 2.02. The first kappa shape index (κ1) is 15.2. The number of hydrogen-bond acceptors (Lipinski definition) is 3. The van der Waals surface area contributed by atoms with Gasteiger partial charge in [-0.3, -0.25) is 4.79 Å². The number of amides is 1. The van der Waals surface area contributed by atoms with E-state index in [4.69, 9.17) is 9.84 Å². The fourth-order valence-electron chi connectivity index (χ4n) is 1.41. The molecule has 0 unspecified atom stereocenters. The number of rotatable bonds is 6. The molecular formula is C15H19NO3. The monoisotopic (exact) mass is 261 g/mol. The number of hydrogen-bond donors (Lipinski definition) is 2. The number of aliphatic hydroxyl groups excluding tert-OH is 1. The first-order chi connectivity index (χ1) is 9.26. The molecule has 0 atom stereocenters. The summed E-state index contributed by atoms with van der Waals surface area (Å²) in [4.78, 5) is 11.4. The van der Waals surface area contributed by atoms with Crippen LogP contribution < -0.4 is 5.32 Å². The highest BCUT2D eigenvalue weighted by atomic mass is 16.5. The van der Waals surface area contributed by atoms with Crippen LogP contribution in [-0.2, 0) is 16.1 Å². The molecule has 0 aliphatic rings. The molecular weight excluding hydrogens is 242 g/mol. The second-order valence-electron chi connectivity index (χ2n) is 3.99. The van der Waals surface area contributed by atoms with Crippen LogP contribution in [0.1, 0.15) is 24.5 Å². The van der Waals surface area contributed by atoms with Crippen molar-refractivity contribution in [1.82, 2.24) is 5.32 Å². The summed E-state index contributed by atoms with van der Waals surface area (Å²) in [5.41, 5.74) is 1.84. The Labute approximate surface area is 113 Å². The molecule has 4 nitrogen and oxygen atoms in total. The number of ether oxygens (including phenoxy) is 1. The summed E-state index contributed by atoms with van der Waals surface area (Å²) in [6, 6.07) is 7.51. The molecule has 0 saturated heterocycles. The SMILES string of the molecule is CCCOCC(=O)NCc1ccc(C#CCO)cc1. The van der Waals surface area contributed by atoms with Gasteiger partial charge in [-0.05, 0) is 24.1 Å². The lowest BCUT2D eigenvalue weighted by Crippen LogP contribution is -2.27. The van der Waals surface area contributed by atoms with E-state index in [0.29, 0.717) is 13.2 Å². The summed E-state index contributed by atoms with van der Waals surface area (Å²) in [5, 5.41) is 11.4. The van der Waals surface area contributed by atoms with Gasteiger partial charge in [0.05, 0.1) is 0 Å². The summed E-state index contributed by atoms with van der Waals surface area (Å²) in [5.74, 6) is 5.28. The van der Waals surface area contributed by atoms with E-state index in [1.165, 1.54) is 0 Å². The molecule has 1 aromatic carbocycles. The molecule has 0 radical (unpaired) electrons. The van der Waals surface area contributed by atoms with Gasteiger partial charge >= 0.3 is 0 Å². The Morgan fingerprint density at radius 1 is 1.37 bits per heavy atom. The van der Waals surface area contributed by atoms with Gasteiger partial charge in [-0.2, -0.15) is 0 Å². The molecule has 1 aromatic rings. The van der Waals surface area contributed by atoms with Gasteiger partial charge in [0, 0.05) is 18.7 Å². The van der Waals surface area contributed by atoms with Crippen molar-refractivity contribution in [3.05, 3.63) is 35.4 Å². The van der Waals surface area contributed by atoms with Crippen molar-refractivity contribution in [1.29, 1.82) is 0 Å². The first-order valence-corrected chi connectivity index (χ1v) is 6.29. The van der Waals surface area contributed by atoms with E-state index in [0.717, 1.165) is 17.5 Å². The van der Waals surface area contributed by atoms with Crippen molar-refractivity contribution >= 4 is 5.91 Å². The zero-order valence-corrected chi connectivity index (χ0v) is 11.1. The van der Waals surface area contributed by atoms with Crippen molar-refractivity contribution in [3.63, 3.8) is 0 Å². The molecule has 0 aliphatic heterocycles. The van der Waals surface area contributed by atoms with Gasteiger partial charge in [-0.15, -0.1) is 0 Å². The third kappa shape index (κ3) is 6.61. The predicted molar refractivity (Wildman–Crippen MR) is 73.4 cm³/mol. The number of carbonyl (C=O) groups excluding carboxylic acids is 1. The Kier molecular flexibility index (Phi) is 7.33. The fourth-order valence-corrected chi connectivity index (χ4v) is 1.41. The van der Waals surface area contributed by atoms with E-state index in [1.807, 2.05) is 31.2 Å². The third-order valence-corrected chi connectivity index (χ3v) is 2.34. The maximum absolute atomic E-state index is 11.4. The van der Waals surface area contributed by atoms with Gasteiger partial charge in [0.1, 0.15) is 13.2 Å². The summed E-state index contributed by atoms with van der Waals surface area (Å²) < 4.78 is 5.14. The molecule has 0 heterocycles. The summed E-state index contributed by atoms with van der Waals surface area (Å²) in [6.45, 7) is 3.04. The second kappa shape index (κ2) is 9.15. The number of nitrogens with one attached hydrogen (secondary N) is 1. The highest BCUT2D eigenvalue weighted by Gasteiger charge is 2.00. The minimum Gasteiger partial charge on any atom is -0.384 e. The Hall–Kier alpha value is -1.83. The maximum Gasteiger partial charge on any atom is 0.246 e. The summed E-state index contributed by atoms with van der Waals surface area (Å²) >= 11 is 0. The van der Waals surface area contributed by atoms with E-state index in [1.54, 1.807) is 0 Å². The summed E-state index contributed by atoms with van der Waals surface area (Å²) in [7, 11) is 0. The van der Waals surface area contributed by atoms with Gasteiger partial charge < -0.3 is 15.2 Å². The maximum atomic E-state index is 11.4. The minimum atomic E-state index is -0.143. The van der Waals surface area contributed by atoms with E-state index in [2.05, 4.69) is 17.2 Å². The molecule has 0 bridgehead atoms. The van der Waals surface area contributed by atoms with E-state index in [-0.39, 0.29) is 19.1 Å². The number of carbonyl (C=O) groups is 1. The van der Waals surface area contributed by atoms with Crippen molar-refractivity contribution in [2.75, 3.05) is 19.8 Å². The molecule has 0 saturated carbocycles. The van der Waals surface area contributed by atoms with Crippen molar-refractivity contribution < 1.29 is 14.6 Å². The quantitative estimate of drug-likeness (QED) is 0.595. The van der Waals surface area contributed by atoms with Crippen LogP contribution in [0.4, 0.5) is 0 Å². The number of aliphatic hydroxyl groups is 1. The molecule has 102 valence electrons. The van der Waals surface area contributed by atoms with E-state index < -0.39 is 0 Å². The number of benzene rings is 1. The normalized spacial score (nSPS) is 9.58. The van der Waals surface area contributed by atoms with E-state index >= 15 is 0 Å². The van der Waals surface area contributed by atoms with Crippen molar-refractivity contribution in [2.45, 2.75) is 19.9 Å². The largest absolute Gasteiger partial charge is 0.384 e. The van der Waals surface area contributed by atoms with Crippen molar-refractivity contribution in [2.24, 2.45) is 0 Å². The highest BCUT2D eigenvalue weighted by molar-refractivity contribution is 5.77. The molecule has 0 spiro atoms. The lowest BCUT2D eigenvalue weighted by molar-refractivity contribution is -0.125. The van der Waals surface area contributed by atoms with Crippen LogP contribution in [0, 0.1) is 11.8 Å². The van der Waals surface area contributed by atoms with Crippen molar-refractivity contribution in [3.8, 4) is 11.8 Å². The Balaban J connectivity index is 2.35. The second-order valence-corrected chi connectivity index (χ2v) is 3.99. The van der Waals surface area contributed by atoms with Gasteiger partial charge in [-0.25, -0.2) is 0 Å².